The highest BCUT2D eigenvalue weighted by atomic mass is 16.7. The molecule has 6 heterocycles. The fourth-order valence-electron chi connectivity index (χ4n) is 12.8. The summed E-state index contributed by atoms with van der Waals surface area (Å²) in [5.74, 6) is -9.82. The number of carbonyl (C=O) groups is 2. The third kappa shape index (κ3) is 15.5. The molecule has 0 bridgehead atoms. The quantitative estimate of drug-likeness (QED) is 0.0423. The van der Waals surface area contributed by atoms with E-state index in [4.69, 9.17) is 46.8 Å². The number of ether oxygens (including phenoxy) is 4. The zero-order valence-electron chi connectivity index (χ0n) is 59.8. The second-order valence-electron chi connectivity index (χ2n) is 26.5. The van der Waals surface area contributed by atoms with Gasteiger partial charge >= 0.3 is 11.3 Å². The Balaban J connectivity index is 0.000000144. The maximum atomic E-state index is 13.6. The Morgan fingerprint density at radius 1 is 0.422 bits per heavy atom. The monoisotopic (exact) mass is 1600 g/mol. The van der Waals surface area contributed by atoms with Crippen molar-refractivity contribution < 1.29 is 159 Å². The molecule has 36 heteroatoms. The van der Waals surface area contributed by atoms with E-state index in [1.807, 2.05) is 13.0 Å². The Labute approximate surface area is 646 Å². The van der Waals surface area contributed by atoms with Gasteiger partial charge in [0.1, 0.15) is 81.9 Å². The molecule has 16 rings (SSSR count). The van der Waals surface area contributed by atoms with Crippen LogP contribution in [0.2, 0.25) is 0 Å². The number of ketones is 2. The standard InChI is InChI=1S/C27H30O16.C15H10O5.C14H6O8.C14H8O4.C10H14O3/c1-8-17(32)20(35)22(37)26(40-8)39-7-15-18(33)21(36)23(38)27(42-15)43-25-19(34)16-13(31)5-10(28)6-14(16)41-24(25)9-2-3-11(29)12(30)4-9;16-9-6-11(8-4-2-1-3-5-8)20-12-7-10(17)14(18)15(19)13(9)12;15-5-1-3-7-8-4(14(20)22-11(7)9(5)17)2-6(16)10(18)12(8)21-13(3)19;15-10-6-5-9-11(14(10)18)13(17)8-4-2-1-3-7(8)12(9)16;1-2-3-8(11)7-4-5-9(12)10(13)6-7/h2-6,8,15,17-18,20-23,26-33,35-38H,7H2,1H3;1-7,17-19H;1-2,15-18H;1-6,15,18H;4-6,8,11-13H,2-3H2,1H3/t8?,15?,17-,18+,20-,21+,22?,23?,26+,27-;;;;8-/m0...0/s1. The molecule has 11 atom stereocenters. The van der Waals surface area contributed by atoms with E-state index in [0.29, 0.717) is 28.9 Å². The van der Waals surface area contributed by atoms with E-state index >= 15 is 0 Å². The van der Waals surface area contributed by atoms with Crippen LogP contribution < -0.4 is 26.8 Å². The van der Waals surface area contributed by atoms with Crippen LogP contribution >= 0.6 is 0 Å². The van der Waals surface area contributed by atoms with Crippen LogP contribution in [-0.4, -0.2) is 192 Å². The molecule has 36 nitrogen and oxygen atoms in total. The van der Waals surface area contributed by atoms with Crippen molar-refractivity contribution in [3.63, 3.8) is 0 Å². The van der Waals surface area contributed by atoms with E-state index in [2.05, 4.69) is 0 Å². The highest BCUT2D eigenvalue weighted by Gasteiger charge is 2.48. The molecule has 0 saturated carbocycles. The van der Waals surface area contributed by atoms with Gasteiger partial charge in [0.05, 0.1) is 35.2 Å². The zero-order chi connectivity index (χ0) is 84.1. The minimum Gasteiger partial charge on any atom is -0.508 e. The lowest BCUT2D eigenvalue weighted by atomic mass is 9.83. The number of hydrogen-bond acceptors (Lipinski definition) is 36. The summed E-state index contributed by atoms with van der Waals surface area (Å²) in [6, 6.07) is 31.8. The lowest BCUT2D eigenvalue weighted by Gasteiger charge is -2.42. The molecule has 4 unspecified atom stereocenters. The number of aromatic hydroxyl groups is 15. The first-order valence-electron chi connectivity index (χ1n) is 34.6. The van der Waals surface area contributed by atoms with Crippen LogP contribution in [0.5, 0.6) is 92.0 Å². The van der Waals surface area contributed by atoms with Crippen LogP contribution in [-0.2, 0) is 14.2 Å². The SMILES string of the molecule is CC1O[C@@H](OCC2O[C@@H](Oc3c(-c4ccc(O)c(O)c4)oc4cc(O)cc(O)c4c3=O)C(O)[C@H](O)[C@@H]2O)C(O)[C@@H](O)[C@H]1O.CCC[C@H](O)c1ccc(O)c(O)c1.O=C1c2ccccc2C(=O)c2c1ccc(O)c2O.O=c1cc(-c2ccccc2)oc2cc(O)c(O)c(O)c12.O=c1oc2c(O)c(O)cc3c(=O)oc4c(O)c(O)cc1c4c23. The van der Waals surface area contributed by atoms with Gasteiger partial charge in [-0.15, -0.1) is 0 Å². The maximum Gasteiger partial charge on any atom is 0.344 e. The molecule has 0 radical (unpaired) electrons. The van der Waals surface area contributed by atoms with E-state index in [0.717, 1.165) is 48.9 Å². The highest BCUT2D eigenvalue weighted by molar-refractivity contribution is 6.29. The van der Waals surface area contributed by atoms with Gasteiger partial charge in [-0.3, -0.25) is 19.2 Å². The summed E-state index contributed by atoms with van der Waals surface area (Å²) < 4.78 is 43.2. The van der Waals surface area contributed by atoms with Gasteiger partial charge in [0.15, 0.2) is 97.7 Å². The molecule has 9 aromatic carbocycles. The van der Waals surface area contributed by atoms with Crippen LogP contribution in [0, 0.1) is 0 Å². The molecule has 3 aliphatic rings. The summed E-state index contributed by atoms with van der Waals surface area (Å²) in [6.45, 7) is 2.79. The Morgan fingerprint density at radius 2 is 0.974 bits per heavy atom. The second-order valence-corrected chi connectivity index (χ2v) is 26.5. The normalized spacial score (nSPS) is 19.8. The summed E-state index contributed by atoms with van der Waals surface area (Å²) in [5.41, 5.74) is -2.65. The molecular weight excluding hydrogens is 1540 g/mol. The number of benzene rings is 9. The topological polar surface area (TPSA) is 637 Å². The number of aliphatic hydroxyl groups is 7. The Bertz CT molecular complexity index is 6130. The molecular formula is C80H68O36. The predicted octanol–water partition coefficient (Wildman–Crippen LogP) is 6.01. The van der Waals surface area contributed by atoms with Gasteiger partial charge in [-0.05, 0) is 73.5 Å². The lowest BCUT2D eigenvalue weighted by molar-refractivity contribution is -0.318. The van der Waals surface area contributed by atoms with Crippen molar-refractivity contribution in [1.29, 1.82) is 0 Å². The van der Waals surface area contributed by atoms with Crippen LogP contribution in [0.15, 0.2) is 176 Å². The minimum absolute atomic E-state index is 0.00385. The molecule has 2 fully saturated rings. The molecule has 0 spiro atoms. The average Bonchev–Trinajstić information content (AvgIpc) is 0.713. The average molecular weight is 1610 g/mol. The molecule has 2 aliphatic heterocycles. The van der Waals surface area contributed by atoms with Crippen LogP contribution in [0.1, 0.15) is 70.2 Å². The number of phenolic OH excluding ortho intramolecular Hbond substituents is 15. The molecule has 1 aliphatic carbocycles. The fourth-order valence-corrected chi connectivity index (χ4v) is 12.8. The van der Waals surface area contributed by atoms with Gasteiger partial charge in [-0.2, -0.15) is 0 Å². The highest BCUT2D eigenvalue weighted by Crippen LogP contribution is 2.47. The number of carbonyl (C=O) groups excluding carboxylic acids is 2. The van der Waals surface area contributed by atoms with Crippen LogP contribution in [0.4, 0.5) is 0 Å². The smallest absolute Gasteiger partial charge is 0.344 e. The van der Waals surface area contributed by atoms with E-state index in [1.165, 1.54) is 49.4 Å². The van der Waals surface area contributed by atoms with Crippen LogP contribution in [0.25, 0.3) is 77.3 Å². The summed E-state index contributed by atoms with van der Waals surface area (Å²) in [5, 5.41) is 215. The van der Waals surface area contributed by atoms with Crippen molar-refractivity contribution in [2.75, 3.05) is 6.61 Å². The largest absolute Gasteiger partial charge is 0.508 e. The molecule has 604 valence electrons. The first-order valence-corrected chi connectivity index (χ1v) is 34.6. The molecule has 116 heavy (non-hydrogen) atoms. The van der Waals surface area contributed by atoms with E-state index in [1.54, 1.807) is 48.5 Å². The van der Waals surface area contributed by atoms with Gasteiger partial charge in [0.25, 0.3) is 0 Å². The predicted molar refractivity (Wildman–Crippen MR) is 400 cm³/mol. The molecule has 22 N–H and O–H groups in total. The second kappa shape index (κ2) is 32.7. The summed E-state index contributed by atoms with van der Waals surface area (Å²) in [6.07, 6.45) is -15.2. The van der Waals surface area contributed by atoms with Gasteiger partial charge in [0.2, 0.25) is 34.7 Å². The van der Waals surface area contributed by atoms with Crippen molar-refractivity contribution in [3.8, 4) is 115 Å². The first-order chi connectivity index (χ1) is 55.0. The van der Waals surface area contributed by atoms with Gasteiger partial charge in [-0.1, -0.05) is 74.0 Å². The van der Waals surface area contributed by atoms with Crippen LogP contribution in [0.3, 0.4) is 0 Å². The Hall–Kier alpha value is -13.9. The molecule has 13 aromatic rings. The van der Waals surface area contributed by atoms with Gasteiger partial charge in [0, 0.05) is 62.9 Å². The van der Waals surface area contributed by atoms with Gasteiger partial charge < -0.3 is 149 Å². The zero-order valence-corrected chi connectivity index (χ0v) is 59.8. The Kier molecular flexibility index (Phi) is 23.0. The third-order valence-electron chi connectivity index (χ3n) is 18.8. The van der Waals surface area contributed by atoms with Crippen molar-refractivity contribution >= 4 is 66.2 Å². The minimum atomic E-state index is -1.97. The molecule has 2 saturated heterocycles. The number of phenols is 15. The molecule has 4 aromatic heterocycles. The van der Waals surface area contributed by atoms with E-state index in [9.17, 15) is 131 Å². The summed E-state index contributed by atoms with van der Waals surface area (Å²) >= 11 is 0. The van der Waals surface area contributed by atoms with Crippen molar-refractivity contribution in [2.45, 2.75) is 94.2 Å². The summed E-state index contributed by atoms with van der Waals surface area (Å²) in [4.78, 5) is 74.0. The first kappa shape index (κ1) is 81.6. The lowest BCUT2D eigenvalue weighted by Crippen LogP contribution is -2.61. The maximum absolute atomic E-state index is 13.6. The Morgan fingerprint density at radius 3 is 1.58 bits per heavy atom. The third-order valence-corrected chi connectivity index (χ3v) is 18.8. The summed E-state index contributed by atoms with van der Waals surface area (Å²) in [7, 11) is 0. The number of rotatable bonds is 10. The van der Waals surface area contributed by atoms with Gasteiger partial charge in [-0.25, -0.2) is 9.59 Å². The van der Waals surface area contributed by atoms with Crippen molar-refractivity contribution in [2.24, 2.45) is 0 Å². The van der Waals surface area contributed by atoms with Crippen molar-refractivity contribution in [3.05, 3.63) is 209 Å². The van der Waals surface area contributed by atoms with Crippen molar-refractivity contribution in [1.82, 2.24) is 0 Å². The number of hydrogen-bond donors (Lipinski definition) is 22. The fraction of sp³-hybridized carbons (Fsp3) is 0.200. The number of fused-ring (bicyclic) bond motifs is 4. The number of aliphatic hydroxyl groups excluding tert-OH is 7. The van der Waals surface area contributed by atoms with E-state index in [-0.39, 0.29) is 77.6 Å². The molecule has 0 amide bonds. The van der Waals surface area contributed by atoms with E-state index < -0.39 is 205 Å².